The third-order valence-corrected chi connectivity index (χ3v) is 4.78. The van der Waals surface area contributed by atoms with Gasteiger partial charge in [-0.1, -0.05) is 91.0 Å². The lowest BCUT2D eigenvalue weighted by molar-refractivity contribution is 0.458. The number of aromatic nitrogens is 3. The minimum absolute atomic E-state index is 0.477. The van der Waals surface area contributed by atoms with E-state index in [2.05, 4.69) is 41.4 Å². The topological polar surface area (TPSA) is 30.7 Å². The predicted octanol–water partition coefficient (Wildman–Crippen LogP) is 5.10. The molecule has 4 heteroatoms. The summed E-state index contributed by atoms with van der Waals surface area (Å²) in [4.78, 5) is 4.39. The molecular weight excluding hydrogens is 349 g/mol. The molecule has 0 spiro atoms. The Morgan fingerprint density at radius 3 is 1.64 bits per heavy atom. The van der Waals surface area contributed by atoms with E-state index in [4.69, 9.17) is 5.10 Å². The van der Waals surface area contributed by atoms with Gasteiger partial charge in [-0.25, -0.2) is 14.1 Å². The van der Waals surface area contributed by atoms with Gasteiger partial charge in [0.2, 0.25) is 0 Å². The smallest absolute Gasteiger partial charge is 0.173 e. The summed E-state index contributed by atoms with van der Waals surface area (Å²) in [6.07, 6.45) is 4.72. The molecule has 0 aliphatic heterocycles. The van der Waals surface area contributed by atoms with Gasteiger partial charge in [-0.2, -0.15) is 5.10 Å². The first-order valence-electron chi connectivity index (χ1n) is 9.17. The Bertz CT molecular complexity index is 944. The van der Waals surface area contributed by atoms with Crippen LogP contribution in [0.5, 0.6) is 0 Å². The molecule has 0 atom stereocenters. The van der Waals surface area contributed by atoms with Crippen LogP contribution >= 0.6 is 0 Å². The van der Waals surface area contributed by atoms with Gasteiger partial charge in [-0.3, -0.25) is 0 Å². The van der Waals surface area contributed by atoms with E-state index in [9.17, 15) is 4.39 Å². The number of hydrogen-bond donors (Lipinski definition) is 0. The second kappa shape index (κ2) is 8.01. The molecule has 138 valence electrons. The molecule has 1 heterocycles. The van der Waals surface area contributed by atoms with Crippen LogP contribution in [0.4, 0.5) is 4.39 Å². The van der Waals surface area contributed by atoms with Crippen molar-refractivity contribution in [2.45, 2.75) is 5.54 Å². The summed E-state index contributed by atoms with van der Waals surface area (Å²) in [5.74, 6) is 0.477. The standard InChI is InChI=1S/C24H20FN3/c25-18-10-17-23-26-19-28(27-23)24(20-11-4-1-5-12-20,21-13-6-2-7-14-21)22-15-8-3-9-16-22/h1-17,19H,18H2/b17-10+. The highest BCUT2D eigenvalue weighted by Gasteiger charge is 2.39. The van der Waals surface area contributed by atoms with Crippen molar-refractivity contribution >= 4 is 6.08 Å². The molecule has 4 aromatic rings. The van der Waals surface area contributed by atoms with Crippen molar-refractivity contribution in [2.75, 3.05) is 6.67 Å². The fourth-order valence-electron chi connectivity index (χ4n) is 3.60. The van der Waals surface area contributed by atoms with E-state index in [1.807, 2.05) is 59.3 Å². The van der Waals surface area contributed by atoms with E-state index in [-0.39, 0.29) is 0 Å². The van der Waals surface area contributed by atoms with Gasteiger partial charge in [0.25, 0.3) is 0 Å². The van der Waals surface area contributed by atoms with Gasteiger partial charge < -0.3 is 0 Å². The van der Waals surface area contributed by atoms with E-state index in [0.717, 1.165) is 16.7 Å². The Morgan fingerprint density at radius 2 is 1.21 bits per heavy atom. The molecule has 0 N–H and O–H groups in total. The zero-order valence-electron chi connectivity index (χ0n) is 15.3. The van der Waals surface area contributed by atoms with Crippen LogP contribution in [-0.4, -0.2) is 21.4 Å². The largest absolute Gasteiger partial charge is 0.247 e. The van der Waals surface area contributed by atoms with Crippen molar-refractivity contribution < 1.29 is 4.39 Å². The number of hydrogen-bond acceptors (Lipinski definition) is 2. The highest BCUT2D eigenvalue weighted by atomic mass is 19.1. The van der Waals surface area contributed by atoms with Crippen molar-refractivity contribution in [3.63, 3.8) is 0 Å². The van der Waals surface area contributed by atoms with Crippen LogP contribution in [-0.2, 0) is 5.54 Å². The first kappa shape index (κ1) is 17.9. The molecule has 0 fully saturated rings. The summed E-state index contributed by atoms with van der Waals surface area (Å²) in [7, 11) is 0. The summed E-state index contributed by atoms with van der Waals surface area (Å²) in [6, 6.07) is 30.7. The van der Waals surface area contributed by atoms with Crippen LogP contribution in [0.15, 0.2) is 103 Å². The number of allylic oxidation sites excluding steroid dienone is 1. The number of halogens is 1. The molecule has 0 saturated heterocycles. The maximum atomic E-state index is 12.6. The number of alkyl halides is 1. The molecule has 0 aliphatic carbocycles. The van der Waals surface area contributed by atoms with Gasteiger partial charge in [0, 0.05) is 0 Å². The van der Waals surface area contributed by atoms with Gasteiger partial charge >= 0.3 is 0 Å². The van der Waals surface area contributed by atoms with Gasteiger partial charge in [0.05, 0.1) is 0 Å². The van der Waals surface area contributed by atoms with Crippen LogP contribution in [0.2, 0.25) is 0 Å². The Morgan fingerprint density at radius 1 is 0.750 bits per heavy atom. The molecule has 0 radical (unpaired) electrons. The Balaban J connectivity index is 2.04. The van der Waals surface area contributed by atoms with Crippen molar-refractivity contribution in [1.82, 2.24) is 14.8 Å². The van der Waals surface area contributed by atoms with Gasteiger partial charge in [-0.05, 0) is 28.8 Å². The lowest BCUT2D eigenvalue weighted by Crippen LogP contribution is -2.38. The molecule has 0 unspecified atom stereocenters. The highest BCUT2D eigenvalue weighted by molar-refractivity contribution is 5.50. The Hall–Kier alpha value is -3.53. The van der Waals surface area contributed by atoms with Crippen molar-refractivity contribution in [3.05, 3.63) is 126 Å². The summed E-state index contributed by atoms with van der Waals surface area (Å²) < 4.78 is 14.4. The van der Waals surface area contributed by atoms with Crippen LogP contribution in [0.1, 0.15) is 22.5 Å². The third-order valence-electron chi connectivity index (χ3n) is 4.78. The molecule has 0 saturated carbocycles. The minimum atomic E-state index is -0.696. The van der Waals surface area contributed by atoms with E-state index in [0.29, 0.717) is 5.82 Å². The van der Waals surface area contributed by atoms with Crippen molar-refractivity contribution in [2.24, 2.45) is 0 Å². The molecule has 4 rings (SSSR count). The number of nitrogens with zero attached hydrogens (tertiary/aromatic N) is 3. The fraction of sp³-hybridized carbons (Fsp3) is 0.0833. The zero-order chi connectivity index (χ0) is 19.2. The summed E-state index contributed by atoms with van der Waals surface area (Å²) in [6.45, 7) is -0.546. The summed E-state index contributed by atoms with van der Waals surface area (Å²) in [5, 5.41) is 4.70. The molecule has 3 nitrogen and oxygen atoms in total. The van der Waals surface area contributed by atoms with Crippen LogP contribution in [0, 0.1) is 0 Å². The maximum absolute atomic E-state index is 12.6. The predicted molar refractivity (Wildman–Crippen MR) is 110 cm³/mol. The third kappa shape index (κ3) is 3.14. The Labute approximate surface area is 163 Å². The lowest BCUT2D eigenvalue weighted by atomic mass is 9.77. The molecular formula is C24H20FN3. The average Bonchev–Trinajstić information content (AvgIpc) is 3.24. The van der Waals surface area contributed by atoms with Gasteiger partial charge in [0.1, 0.15) is 18.5 Å². The number of benzene rings is 3. The number of rotatable bonds is 6. The zero-order valence-corrected chi connectivity index (χ0v) is 15.3. The molecule has 3 aromatic carbocycles. The molecule has 0 amide bonds. The second-order valence-electron chi connectivity index (χ2n) is 6.41. The minimum Gasteiger partial charge on any atom is -0.247 e. The highest BCUT2D eigenvalue weighted by Crippen LogP contribution is 2.40. The maximum Gasteiger partial charge on any atom is 0.173 e. The second-order valence-corrected chi connectivity index (χ2v) is 6.41. The van der Waals surface area contributed by atoms with Gasteiger partial charge in [0.15, 0.2) is 5.82 Å². The van der Waals surface area contributed by atoms with Crippen LogP contribution in [0.3, 0.4) is 0 Å². The van der Waals surface area contributed by atoms with Crippen molar-refractivity contribution in [3.8, 4) is 0 Å². The average molecular weight is 369 g/mol. The molecule has 28 heavy (non-hydrogen) atoms. The Kier molecular flexibility index (Phi) is 5.11. The molecule has 0 aliphatic rings. The normalized spacial score (nSPS) is 11.8. The molecule has 0 bridgehead atoms. The van der Waals surface area contributed by atoms with E-state index in [1.54, 1.807) is 12.4 Å². The summed E-state index contributed by atoms with van der Waals surface area (Å²) in [5.41, 5.74) is 2.51. The monoisotopic (exact) mass is 369 g/mol. The van der Waals surface area contributed by atoms with Crippen LogP contribution in [0.25, 0.3) is 6.08 Å². The van der Waals surface area contributed by atoms with E-state index < -0.39 is 12.2 Å². The first-order valence-corrected chi connectivity index (χ1v) is 9.17. The molecule has 1 aromatic heterocycles. The lowest BCUT2D eigenvalue weighted by Gasteiger charge is -2.35. The van der Waals surface area contributed by atoms with E-state index >= 15 is 0 Å². The van der Waals surface area contributed by atoms with Gasteiger partial charge in [-0.15, -0.1) is 0 Å². The summed E-state index contributed by atoms with van der Waals surface area (Å²) >= 11 is 0. The SMILES string of the molecule is FC/C=C/c1ncn(C(c2ccccc2)(c2ccccc2)c2ccccc2)n1. The first-order chi connectivity index (χ1) is 13.9. The van der Waals surface area contributed by atoms with E-state index in [1.165, 1.54) is 6.08 Å². The van der Waals surface area contributed by atoms with Crippen molar-refractivity contribution in [1.29, 1.82) is 0 Å². The quantitative estimate of drug-likeness (QED) is 0.443. The van der Waals surface area contributed by atoms with Crippen LogP contribution < -0.4 is 0 Å². The fourth-order valence-corrected chi connectivity index (χ4v) is 3.60.